The van der Waals surface area contributed by atoms with Crippen molar-refractivity contribution >= 4 is 94.8 Å². The molecule has 0 unspecified atom stereocenters. The summed E-state index contributed by atoms with van der Waals surface area (Å²) < 4.78 is 0. The first kappa shape index (κ1) is 74.9. The number of aliphatic hydroxyl groups is 1. The molecule has 1 aliphatic heterocycles. The van der Waals surface area contributed by atoms with Gasteiger partial charge in [0.1, 0.15) is 60.4 Å². The first-order chi connectivity index (χ1) is 40.1. The van der Waals surface area contributed by atoms with Crippen LogP contribution in [0.1, 0.15) is 111 Å². The molecule has 37 nitrogen and oxygen atoms in total. The van der Waals surface area contributed by atoms with E-state index in [1.807, 2.05) is 0 Å². The van der Waals surface area contributed by atoms with E-state index in [-0.39, 0.29) is 101 Å². The Balaban J connectivity index is 3.65. The summed E-state index contributed by atoms with van der Waals surface area (Å²) in [5.41, 5.74) is 49.1. The van der Waals surface area contributed by atoms with Gasteiger partial charge >= 0.3 is 11.9 Å². The molecule has 0 radical (unpaired) electrons. The number of guanidine groups is 3. The maximum Gasteiger partial charge on any atom is 0.326 e. The second kappa shape index (κ2) is 37.9. The van der Waals surface area contributed by atoms with Gasteiger partial charge in [0, 0.05) is 32.6 Å². The zero-order valence-electron chi connectivity index (χ0n) is 48.6. The van der Waals surface area contributed by atoms with Crippen LogP contribution in [0, 0.1) is 5.92 Å². The highest BCUT2D eigenvalue weighted by molar-refractivity contribution is 6.00. The molecule has 0 aliphatic carbocycles. The number of aliphatic carboxylic acids is 2. The molecule has 1 fully saturated rings. The van der Waals surface area contributed by atoms with Crippen LogP contribution in [0.15, 0.2) is 15.0 Å². The summed E-state index contributed by atoms with van der Waals surface area (Å²) in [6.45, 7) is 5.68. The van der Waals surface area contributed by atoms with Crippen LogP contribution in [0.2, 0.25) is 0 Å². The van der Waals surface area contributed by atoms with Crippen molar-refractivity contribution in [2.45, 2.75) is 178 Å². The van der Waals surface area contributed by atoms with Gasteiger partial charge in [0.25, 0.3) is 0 Å². The van der Waals surface area contributed by atoms with Gasteiger partial charge in [-0.05, 0) is 84.0 Å². The Morgan fingerprint density at radius 2 is 0.837 bits per heavy atom. The lowest BCUT2D eigenvalue weighted by Crippen LogP contribution is -2.60. The van der Waals surface area contributed by atoms with E-state index in [2.05, 4.69) is 57.5 Å². The minimum Gasteiger partial charge on any atom is -0.481 e. The molecule has 484 valence electrons. The second-order valence-corrected chi connectivity index (χ2v) is 20.7. The highest BCUT2D eigenvalue weighted by Crippen LogP contribution is 2.21. The number of nitrogens with one attached hydrogen (secondary N) is 8. The molecule has 0 aromatic rings. The standard InChI is InChI=1S/C49H87N21O16/c1-22(2)19-31(45(84)70-18-8-12-32(70)46(85)86)69-41(80)28(13-14-35(74)75)66-40(79)27(11-7-17-61-49(57)58)64-39(78)26(10-6-16-60-48(55)56)63-37(76)23(3)62-38(77)25(9-5-15-59-47(53)54)65-42(81)29(20-33(50)72)67-43(82)30(21-34(51)73)68-44(83)36(52)24(4)71/h22-32,36,71H,5-21,52H2,1-4H3,(H2,50,72)(H2,51,73)(H,62,77)(H,63,76)(H,64,78)(H,65,81)(H,66,79)(H,67,82)(H,68,83)(H,69,80)(H,74,75)(H,85,86)(H4,53,54,59)(H4,55,56,60)(H4,57,58,61)/t23-,24+,25-,26-,27-,28-,29-,30-,31-,32-,36-/m0/s1. The number of aliphatic hydroxyl groups excluding tert-OH is 1. The average Bonchev–Trinajstić information content (AvgIpc) is 3.03. The maximum atomic E-state index is 14.3. The quantitative estimate of drug-likeness (QED) is 0.0154. The molecule has 0 spiro atoms. The van der Waals surface area contributed by atoms with Gasteiger partial charge in [-0.2, -0.15) is 0 Å². The molecule has 11 amide bonds. The third-order valence-corrected chi connectivity index (χ3v) is 12.8. The Kier molecular flexibility index (Phi) is 33.0. The van der Waals surface area contributed by atoms with E-state index in [1.165, 1.54) is 13.8 Å². The summed E-state index contributed by atoms with van der Waals surface area (Å²) in [4.78, 5) is 185. The fraction of sp³-hybridized carbons (Fsp3) is 0.673. The number of primary amides is 2. The summed E-state index contributed by atoms with van der Waals surface area (Å²) in [5, 5.41) is 48.2. The minimum atomic E-state index is -1.89. The normalized spacial score (nSPS) is 16.2. The zero-order chi connectivity index (χ0) is 65.5. The lowest BCUT2D eigenvalue weighted by Gasteiger charge is -2.30. The number of hydrogen-bond donors (Lipinski definition) is 20. The number of rotatable bonds is 40. The predicted octanol–water partition coefficient (Wildman–Crippen LogP) is -9.51. The van der Waals surface area contributed by atoms with Gasteiger partial charge in [0.2, 0.25) is 65.0 Å². The monoisotopic (exact) mass is 1230 g/mol. The SMILES string of the molecule is CC(C)C[C@H](NC(=O)[C@H](CCC(=O)O)NC(=O)[C@H](CCCN=C(N)N)NC(=O)[C@H](CCCN=C(N)N)NC(=O)[C@H](C)NC(=O)[C@H](CCCN=C(N)N)NC(=O)[C@H](CC(N)=O)NC(=O)[C@H](CC(N)=O)NC(=O)[C@@H](N)[C@@H](C)O)C(=O)N1CCC[C@H]1C(=O)O. The summed E-state index contributed by atoms with van der Waals surface area (Å²) in [7, 11) is 0. The zero-order valence-corrected chi connectivity index (χ0v) is 48.6. The van der Waals surface area contributed by atoms with Crippen LogP contribution in [0.3, 0.4) is 0 Å². The molecule has 0 aromatic carbocycles. The van der Waals surface area contributed by atoms with Crippen molar-refractivity contribution in [1.29, 1.82) is 0 Å². The molecule has 0 bridgehead atoms. The molecule has 1 heterocycles. The molecular weight excluding hydrogens is 1140 g/mol. The van der Waals surface area contributed by atoms with Crippen molar-refractivity contribution in [1.82, 2.24) is 47.4 Å². The van der Waals surface area contributed by atoms with Gasteiger partial charge in [-0.25, -0.2) is 4.79 Å². The first-order valence-electron chi connectivity index (χ1n) is 27.5. The van der Waals surface area contributed by atoms with E-state index in [0.717, 1.165) is 4.90 Å². The van der Waals surface area contributed by atoms with Gasteiger partial charge in [-0.3, -0.25) is 72.5 Å². The van der Waals surface area contributed by atoms with E-state index < -0.39 is 169 Å². The molecule has 29 N–H and O–H groups in total. The third-order valence-electron chi connectivity index (χ3n) is 12.8. The number of aliphatic imine (C=N–C) groups is 3. The summed E-state index contributed by atoms with van der Waals surface area (Å²) in [6, 6.07) is -15.7. The van der Waals surface area contributed by atoms with Crippen molar-refractivity contribution < 1.29 is 77.6 Å². The van der Waals surface area contributed by atoms with E-state index in [4.69, 9.17) is 51.6 Å². The van der Waals surface area contributed by atoms with Crippen LogP contribution >= 0.6 is 0 Å². The van der Waals surface area contributed by atoms with E-state index in [9.17, 15) is 77.6 Å². The number of carbonyl (C=O) groups excluding carboxylic acids is 11. The largest absolute Gasteiger partial charge is 0.481 e. The van der Waals surface area contributed by atoms with Crippen molar-refractivity contribution in [2.75, 3.05) is 26.2 Å². The summed E-state index contributed by atoms with van der Waals surface area (Å²) >= 11 is 0. The van der Waals surface area contributed by atoms with Crippen molar-refractivity contribution in [2.24, 2.45) is 72.5 Å². The Hall–Kier alpha value is -9.16. The third kappa shape index (κ3) is 28.9. The number of nitrogens with zero attached hydrogens (tertiary/aromatic N) is 4. The van der Waals surface area contributed by atoms with Crippen LogP contribution in [0.4, 0.5) is 0 Å². The lowest BCUT2D eigenvalue weighted by molar-refractivity contribution is -0.149. The number of hydrogen-bond acceptors (Lipinski definition) is 18. The first-order valence-corrected chi connectivity index (χ1v) is 27.5. The van der Waals surface area contributed by atoms with Crippen LogP contribution in [0.5, 0.6) is 0 Å². The highest BCUT2D eigenvalue weighted by Gasteiger charge is 2.40. The molecule has 1 saturated heterocycles. The fourth-order valence-corrected chi connectivity index (χ4v) is 8.38. The minimum absolute atomic E-state index is 0.00567. The molecule has 1 rings (SSSR count). The topological polar surface area (TPSA) is 653 Å². The molecule has 1 aliphatic rings. The number of amides is 11. The number of carbonyl (C=O) groups is 13. The van der Waals surface area contributed by atoms with E-state index in [0.29, 0.717) is 6.42 Å². The average molecular weight is 1230 g/mol. The summed E-state index contributed by atoms with van der Waals surface area (Å²) in [6.07, 6.45) is -4.53. The lowest BCUT2D eigenvalue weighted by atomic mass is 10.0. The van der Waals surface area contributed by atoms with Gasteiger partial charge in [0.05, 0.1) is 18.9 Å². The molecule has 86 heavy (non-hydrogen) atoms. The summed E-state index contributed by atoms with van der Waals surface area (Å²) in [5.74, 6) is -15.5. The molecule has 0 aromatic heterocycles. The van der Waals surface area contributed by atoms with Crippen molar-refractivity contribution in [3.8, 4) is 0 Å². The Bertz CT molecular complexity index is 2480. The number of nitrogens with two attached hydrogens (primary N) is 9. The van der Waals surface area contributed by atoms with Crippen molar-refractivity contribution in [3.63, 3.8) is 0 Å². The Labute approximate surface area is 495 Å². The van der Waals surface area contributed by atoms with Crippen LogP contribution < -0.4 is 94.1 Å². The Morgan fingerprint density at radius 1 is 0.488 bits per heavy atom. The predicted molar refractivity (Wildman–Crippen MR) is 307 cm³/mol. The van der Waals surface area contributed by atoms with E-state index in [1.54, 1.807) is 13.8 Å². The number of likely N-dealkylation sites (tertiary alicyclic amines) is 1. The number of carboxylic acids is 2. The maximum absolute atomic E-state index is 14.3. The van der Waals surface area contributed by atoms with Gasteiger partial charge < -0.3 is 114 Å². The van der Waals surface area contributed by atoms with Gasteiger partial charge in [-0.1, -0.05) is 13.8 Å². The number of carboxylic acid groups (broad SMARTS) is 2. The molecule has 37 heteroatoms. The molecule has 11 atom stereocenters. The highest BCUT2D eigenvalue weighted by atomic mass is 16.4. The van der Waals surface area contributed by atoms with Gasteiger partial charge in [-0.15, -0.1) is 0 Å². The smallest absolute Gasteiger partial charge is 0.326 e. The Morgan fingerprint density at radius 3 is 1.20 bits per heavy atom. The van der Waals surface area contributed by atoms with Gasteiger partial charge in [0.15, 0.2) is 17.9 Å². The van der Waals surface area contributed by atoms with Crippen LogP contribution in [-0.4, -0.2) is 208 Å². The van der Waals surface area contributed by atoms with Crippen LogP contribution in [-0.2, 0) is 62.3 Å². The van der Waals surface area contributed by atoms with Crippen LogP contribution in [0.25, 0.3) is 0 Å². The fourth-order valence-electron chi connectivity index (χ4n) is 8.38. The molecular formula is C49H87N21O16. The van der Waals surface area contributed by atoms with E-state index >= 15 is 0 Å². The molecule has 0 saturated carbocycles. The second-order valence-electron chi connectivity index (χ2n) is 20.7. The van der Waals surface area contributed by atoms with Crippen molar-refractivity contribution in [3.05, 3.63) is 0 Å².